The summed E-state index contributed by atoms with van der Waals surface area (Å²) >= 11 is 11.6. The summed E-state index contributed by atoms with van der Waals surface area (Å²) in [7, 11) is 0. The lowest BCUT2D eigenvalue weighted by Gasteiger charge is -1.98. The van der Waals surface area contributed by atoms with Crippen molar-refractivity contribution >= 4 is 23.2 Å². The highest BCUT2D eigenvalue weighted by Gasteiger charge is 2.08. The number of benzene rings is 1. The van der Waals surface area contributed by atoms with Crippen LogP contribution in [0.15, 0.2) is 27.5 Å². The van der Waals surface area contributed by atoms with Gasteiger partial charge >= 0.3 is 5.76 Å². The lowest BCUT2D eigenvalue weighted by Crippen LogP contribution is -1.94. The maximum Gasteiger partial charge on any atom is 0.439 e. The predicted octanol–water partition coefficient (Wildman–Crippen LogP) is 2.34. The fourth-order valence-electron chi connectivity index (χ4n) is 1.03. The molecule has 0 saturated heterocycles. The van der Waals surface area contributed by atoms with E-state index in [0.29, 0.717) is 15.6 Å². The highest BCUT2D eigenvalue weighted by atomic mass is 35.5. The smallest absolute Gasteiger partial charge is 0.296 e. The van der Waals surface area contributed by atoms with Gasteiger partial charge in [-0.1, -0.05) is 28.4 Å². The Morgan fingerprint density at radius 1 is 1.36 bits per heavy atom. The zero-order valence-corrected chi connectivity index (χ0v) is 8.26. The van der Waals surface area contributed by atoms with Crippen LogP contribution in [0.1, 0.15) is 0 Å². The first-order chi connectivity index (χ1) is 6.66. The third-order valence-corrected chi connectivity index (χ3v) is 2.17. The van der Waals surface area contributed by atoms with E-state index in [1.165, 1.54) is 0 Å². The average Bonchev–Trinajstić information content (AvgIpc) is 2.51. The Morgan fingerprint density at radius 2 is 2.14 bits per heavy atom. The average molecular weight is 231 g/mol. The van der Waals surface area contributed by atoms with Crippen LogP contribution in [0.5, 0.6) is 0 Å². The van der Waals surface area contributed by atoms with Crippen LogP contribution in [0.3, 0.4) is 0 Å². The Hall–Kier alpha value is -1.26. The maximum absolute atomic E-state index is 10.7. The SMILES string of the molecule is O=c1[nH]c(-c2ccc(Cl)cc2Cl)no1. The van der Waals surface area contributed by atoms with E-state index in [1.807, 2.05) is 0 Å². The van der Waals surface area contributed by atoms with Crippen LogP contribution >= 0.6 is 23.2 Å². The molecule has 0 amide bonds. The molecule has 1 N–H and O–H groups in total. The van der Waals surface area contributed by atoms with Crippen molar-refractivity contribution < 1.29 is 4.52 Å². The van der Waals surface area contributed by atoms with Crippen molar-refractivity contribution in [3.63, 3.8) is 0 Å². The van der Waals surface area contributed by atoms with E-state index in [1.54, 1.807) is 18.2 Å². The molecule has 0 aliphatic heterocycles. The largest absolute Gasteiger partial charge is 0.439 e. The van der Waals surface area contributed by atoms with Crippen LogP contribution in [-0.2, 0) is 0 Å². The molecule has 0 radical (unpaired) electrons. The number of aromatic amines is 1. The van der Waals surface area contributed by atoms with Crippen molar-refractivity contribution in [3.8, 4) is 11.4 Å². The quantitative estimate of drug-likeness (QED) is 0.819. The molecule has 0 aliphatic carbocycles. The van der Waals surface area contributed by atoms with Gasteiger partial charge in [0.05, 0.1) is 5.02 Å². The summed E-state index contributed by atoms with van der Waals surface area (Å²) in [5.41, 5.74) is 0.571. The summed E-state index contributed by atoms with van der Waals surface area (Å²) in [4.78, 5) is 13.1. The van der Waals surface area contributed by atoms with Gasteiger partial charge in [-0.2, -0.15) is 0 Å². The van der Waals surface area contributed by atoms with Gasteiger partial charge in [-0.05, 0) is 18.2 Å². The third-order valence-electron chi connectivity index (χ3n) is 1.63. The molecule has 2 rings (SSSR count). The van der Waals surface area contributed by atoms with Gasteiger partial charge in [0, 0.05) is 10.6 Å². The van der Waals surface area contributed by atoms with E-state index in [2.05, 4.69) is 14.7 Å². The number of aromatic nitrogens is 2. The van der Waals surface area contributed by atoms with Crippen LogP contribution < -0.4 is 5.76 Å². The fraction of sp³-hybridized carbons (Fsp3) is 0. The van der Waals surface area contributed by atoms with Crippen LogP contribution in [0, 0.1) is 0 Å². The Morgan fingerprint density at radius 3 is 2.71 bits per heavy atom. The molecule has 72 valence electrons. The Balaban J connectivity index is 2.57. The maximum atomic E-state index is 10.7. The van der Waals surface area contributed by atoms with Crippen molar-refractivity contribution in [2.24, 2.45) is 0 Å². The zero-order valence-electron chi connectivity index (χ0n) is 6.75. The molecule has 0 unspecified atom stereocenters. The summed E-state index contributed by atoms with van der Waals surface area (Å²) in [6, 6.07) is 4.86. The molecule has 0 bridgehead atoms. The number of nitrogens with one attached hydrogen (secondary N) is 1. The highest BCUT2D eigenvalue weighted by molar-refractivity contribution is 6.36. The zero-order chi connectivity index (χ0) is 10.1. The monoisotopic (exact) mass is 230 g/mol. The van der Waals surface area contributed by atoms with E-state index in [9.17, 15) is 4.79 Å². The van der Waals surface area contributed by atoms with Gasteiger partial charge in [0.15, 0.2) is 5.82 Å². The van der Waals surface area contributed by atoms with Gasteiger partial charge < -0.3 is 0 Å². The molecule has 0 spiro atoms. The van der Waals surface area contributed by atoms with E-state index in [0.717, 1.165) is 0 Å². The van der Waals surface area contributed by atoms with E-state index < -0.39 is 5.76 Å². The number of hydrogen-bond acceptors (Lipinski definition) is 3. The van der Waals surface area contributed by atoms with Crippen LogP contribution in [-0.4, -0.2) is 10.1 Å². The second-order valence-corrected chi connectivity index (χ2v) is 3.41. The van der Waals surface area contributed by atoms with Crippen LogP contribution in [0.2, 0.25) is 10.0 Å². The number of halogens is 2. The van der Waals surface area contributed by atoms with Crippen molar-refractivity contribution in [2.45, 2.75) is 0 Å². The fourth-order valence-corrected chi connectivity index (χ4v) is 1.53. The number of H-pyrrole nitrogens is 1. The van der Waals surface area contributed by atoms with Crippen LogP contribution in [0.4, 0.5) is 0 Å². The number of hydrogen-bond donors (Lipinski definition) is 1. The Labute approximate surface area is 88.4 Å². The molecule has 0 saturated carbocycles. The van der Waals surface area contributed by atoms with Gasteiger partial charge in [-0.3, -0.25) is 9.51 Å². The second kappa shape index (κ2) is 3.48. The Bertz CT molecular complexity index is 518. The molecule has 14 heavy (non-hydrogen) atoms. The normalized spacial score (nSPS) is 10.4. The topological polar surface area (TPSA) is 58.9 Å². The Kier molecular flexibility index (Phi) is 2.31. The number of nitrogens with zero attached hydrogens (tertiary/aromatic N) is 1. The number of rotatable bonds is 1. The molecule has 0 atom stereocenters. The minimum absolute atomic E-state index is 0.289. The summed E-state index contributed by atoms with van der Waals surface area (Å²) in [6.45, 7) is 0. The van der Waals surface area contributed by atoms with Crippen LogP contribution in [0.25, 0.3) is 11.4 Å². The van der Waals surface area contributed by atoms with Gasteiger partial charge in [-0.15, -0.1) is 0 Å². The molecule has 0 fully saturated rings. The lowest BCUT2D eigenvalue weighted by atomic mass is 10.2. The molecule has 1 heterocycles. The minimum Gasteiger partial charge on any atom is -0.296 e. The molecular weight excluding hydrogens is 227 g/mol. The van der Waals surface area contributed by atoms with E-state index in [-0.39, 0.29) is 5.82 Å². The third kappa shape index (κ3) is 1.66. The molecule has 1 aromatic carbocycles. The van der Waals surface area contributed by atoms with Gasteiger partial charge in [0.1, 0.15) is 0 Å². The standard InChI is InChI=1S/C8H4Cl2N2O2/c9-4-1-2-5(6(10)3-4)7-11-8(13)14-12-7/h1-3H,(H,11,12,13). The van der Waals surface area contributed by atoms with Crippen molar-refractivity contribution in [1.29, 1.82) is 0 Å². The first-order valence-electron chi connectivity index (χ1n) is 3.68. The summed E-state index contributed by atoms with van der Waals surface area (Å²) in [5.74, 6) is -0.331. The van der Waals surface area contributed by atoms with Gasteiger partial charge in [0.25, 0.3) is 0 Å². The van der Waals surface area contributed by atoms with Gasteiger partial charge in [0.2, 0.25) is 0 Å². The summed E-state index contributed by atoms with van der Waals surface area (Å²) in [5, 5.41) is 4.43. The van der Waals surface area contributed by atoms with E-state index in [4.69, 9.17) is 23.2 Å². The second-order valence-electron chi connectivity index (χ2n) is 2.57. The molecule has 0 aliphatic rings. The van der Waals surface area contributed by atoms with E-state index >= 15 is 0 Å². The molecule has 6 heteroatoms. The van der Waals surface area contributed by atoms with Gasteiger partial charge in [-0.25, -0.2) is 4.79 Å². The molecule has 4 nitrogen and oxygen atoms in total. The molecule has 1 aromatic heterocycles. The predicted molar refractivity (Wildman–Crippen MR) is 52.6 cm³/mol. The highest BCUT2D eigenvalue weighted by Crippen LogP contribution is 2.27. The first kappa shape index (κ1) is 9.30. The van der Waals surface area contributed by atoms with Crippen molar-refractivity contribution in [1.82, 2.24) is 10.1 Å². The lowest BCUT2D eigenvalue weighted by molar-refractivity contribution is 0.388. The summed E-state index contributed by atoms with van der Waals surface area (Å²) in [6.07, 6.45) is 0. The summed E-state index contributed by atoms with van der Waals surface area (Å²) < 4.78 is 4.35. The molecular formula is C8H4Cl2N2O2. The van der Waals surface area contributed by atoms with Crippen molar-refractivity contribution in [2.75, 3.05) is 0 Å². The minimum atomic E-state index is -0.619. The molecule has 2 aromatic rings. The first-order valence-corrected chi connectivity index (χ1v) is 4.44. The van der Waals surface area contributed by atoms with Crippen molar-refractivity contribution in [3.05, 3.63) is 38.8 Å².